The van der Waals surface area contributed by atoms with Crippen molar-refractivity contribution < 1.29 is 4.74 Å². The molecule has 0 N–H and O–H groups in total. The lowest BCUT2D eigenvalue weighted by atomic mass is 9.92. The van der Waals surface area contributed by atoms with Crippen LogP contribution in [0, 0.1) is 0 Å². The predicted octanol–water partition coefficient (Wildman–Crippen LogP) is 2.75. The molecule has 2 fully saturated rings. The van der Waals surface area contributed by atoms with Crippen LogP contribution >= 0.6 is 11.8 Å². The summed E-state index contributed by atoms with van der Waals surface area (Å²) in [4.78, 5) is 10.8. The van der Waals surface area contributed by atoms with Crippen molar-refractivity contribution >= 4 is 11.8 Å². The summed E-state index contributed by atoms with van der Waals surface area (Å²) < 4.78 is 6.50. The van der Waals surface area contributed by atoms with E-state index >= 15 is 0 Å². The summed E-state index contributed by atoms with van der Waals surface area (Å²) in [5, 5.41) is 0. The highest BCUT2D eigenvalue weighted by molar-refractivity contribution is 8.01. The topological polar surface area (TPSA) is 38.2 Å². The Hall–Kier alpha value is -1.43. The maximum Gasteiger partial charge on any atom is 0.0736 e. The molecule has 0 saturated carbocycles. The Morgan fingerprint density at radius 1 is 1.13 bits per heavy atom. The molecular formula is C18H21N3OS. The molecule has 4 rings (SSSR count). The molecule has 0 amide bonds. The van der Waals surface area contributed by atoms with E-state index in [4.69, 9.17) is 4.74 Å². The van der Waals surface area contributed by atoms with Crippen molar-refractivity contribution in [2.45, 2.75) is 30.4 Å². The molecule has 1 spiro atoms. The van der Waals surface area contributed by atoms with Crippen molar-refractivity contribution in [1.29, 1.82) is 0 Å². The summed E-state index contributed by atoms with van der Waals surface area (Å²) in [6.07, 6.45) is 9.03. The van der Waals surface area contributed by atoms with Crippen LogP contribution in [0.25, 0.3) is 0 Å². The molecule has 4 heterocycles. The number of pyridine rings is 2. The fourth-order valence-corrected chi connectivity index (χ4v) is 5.06. The van der Waals surface area contributed by atoms with Gasteiger partial charge in [-0.05, 0) is 29.7 Å². The van der Waals surface area contributed by atoms with Gasteiger partial charge in [-0.1, -0.05) is 12.1 Å². The number of aromatic nitrogens is 2. The summed E-state index contributed by atoms with van der Waals surface area (Å²) in [5.41, 5.74) is 2.46. The molecule has 0 bridgehead atoms. The van der Waals surface area contributed by atoms with Crippen molar-refractivity contribution in [3.63, 3.8) is 0 Å². The number of nitrogens with zero attached hydrogens (tertiary/aromatic N) is 3. The molecule has 23 heavy (non-hydrogen) atoms. The van der Waals surface area contributed by atoms with Gasteiger partial charge in [-0.2, -0.15) is 0 Å². The maximum absolute atomic E-state index is 6.08. The van der Waals surface area contributed by atoms with Crippen LogP contribution in [0.5, 0.6) is 0 Å². The van der Waals surface area contributed by atoms with Crippen molar-refractivity contribution in [2.24, 2.45) is 0 Å². The van der Waals surface area contributed by atoms with E-state index < -0.39 is 0 Å². The zero-order valence-corrected chi connectivity index (χ0v) is 13.9. The van der Waals surface area contributed by atoms with Crippen molar-refractivity contribution in [3.05, 3.63) is 60.2 Å². The van der Waals surface area contributed by atoms with E-state index in [1.54, 1.807) is 6.20 Å². The molecule has 2 saturated heterocycles. The van der Waals surface area contributed by atoms with E-state index in [9.17, 15) is 0 Å². The SMILES string of the molecule is c1cncc(CO[C@@H]2CSC3(C2)CN(Cc2cccnc2)C3)c1. The molecule has 2 aromatic rings. The highest BCUT2D eigenvalue weighted by atomic mass is 32.2. The summed E-state index contributed by atoms with van der Waals surface area (Å²) in [7, 11) is 0. The Balaban J connectivity index is 1.24. The lowest BCUT2D eigenvalue weighted by molar-refractivity contribution is 0.0263. The highest BCUT2D eigenvalue weighted by Crippen LogP contribution is 2.46. The van der Waals surface area contributed by atoms with E-state index in [-0.39, 0.29) is 0 Å². The van der Waals surface area contributed by atoms with Crippen LogP contribution in [0.1, 0.15) is 17.5 Å². The molecule has 2 aliphatic heterocycles. The number of likely N-dealkylation sites (tertiary alicyclic amines) is 1. The van der Waals surface area contributed by atoms with E-state index in [0.717, 1.165) is 17.9 Å². The van der Waals surface area contributed by atoms with Gasteiger partial charge in [-0.15, -0.1) is 11.8 Å². The minimum absolute atomic E-state index is 0.376. The largest absolute Gasteiger partial charge is 0.373 e. The minimum Gasteiger partial charge on any atom is -0.373 e. The Labute approximate surface area is 141 Å². The second-order valence-electron chi connectivity index (χ2n) is 6.50. The van der Waals surface area contributed by atoms with Crippen LogP contribution in [0.3, 0.4) is 0 Å². The van der Waals surface area contributed by atoms with Crippen LogP contribution in [-0.2, 0) is 17.9 Å². The quantitative estimate of drug-likeness (QED) is 0.844. The number of thioether (sulfide) groups is 1. The van der Waals surface area contributed by atoms with E-state index in [1.165, 1.54) is 25.1 Å². The lowest BCUT2D eigenvalue weighted by Gasteiger charge is -2.47. The van der Waals surface area contributed by atoms with Gasteiger partial charge in [0.05, 0.1) is 12.7 Å². The number of hydrogen-bond acceptors (Lipinski definition) is 5. The second-order valence-corrected chi connectivity index (χ2v) is 7.99. The Morgan fingerprint density at radius 3 is 2.57 bits per heavy atom. The van der Waals surface area contributed by atoms with E-state index in [0.29, 0.717) is 17.5 Å². The van der Waals surface area contributed by atoms with Gasteiger partial charge in [-0.3, -0.25) is 14.9 Å². The normalized spacial score (nSPS) is 23.0. The molecule has 0 unspecified atom stereocenters. The molecule has 0 aromatic carbocycles. The van der Waals surface area contributed by atoms with Gasteiger partial charge in [-0.25, -0.2) is 0 Å². The van der Waals surface area contributed by atoms with Crippen LogP contribution in [0.4, 0.5) is 0 Å². The zero-order chi connectivity index (χ0) is 15.5. The summed E-state index contributed by atoms with van der Waals surface area (Å²) in [6.45, 7) is 4.02. The first-order valence-electron chi connectivity index (χ1n) is 8.07. The number of rotatable bonds is 5. The number of hydrogen-bond donors (Lipinski definition) is 0. The molecular weight excluding hydrogens is 306 g/mol. The van der Waals surface area contributed by atoms with Crippen LogP contribution in [0.2, 0.25) is 0 Å². The average molecular weight is 327 g/mol. The van der Waals surface area contributed by atoms with Gasteiger partial charge in [0.1, 0.15) is 0 Å². The molecule has 1 atom stereocenters. The smallest absolute Gasteiger partial charge is 0.0736 e. The van der Waals surface area contributed by atoms with Gasteiger partial charge < -0.3 is 4.74 Å². The first kappa shape index (κ1) is 15.1. The monoisotopic (exact) mass is 327 g/mol. The predicted molar refractivity (Wildman–Crippen MR) is 92.1 cm³/mol. The van der Waals surface area contributed by atoms with Gasteiger partial charge in [0.15, 0.2) is 0 Å². The zero-order valence-electron chi connectivity index (χ0n) is 13.1. The first-order chi connectivity index (χ1) is 11.3. The average Bonchev–Trinajstić information content (AvgIpc) is 2.99. The Kier molecular flexibility index (Phi) is 4.33. The summed E-state index contributed by atoms with van der Waals surface area (Å²) >= 11 is 2.09. The Bertz CT molecular complexity index is 631. The third kappa shape index (κ3) is 3.57. The van der Waals surface area contributed by atoms with Gasteiger partial charge in [0.25, 0.3) is 0 Å². The highest BCUT2D eigenvalue weighted by Gasteiger charge is 2.49. The van der Waals surface area contributed by atoms with E-state index in [2.05, 4.69) is 38.8 Å². The van der Waals surface area contributed by atoms with Gasteiger partial charge in [0, 0.05) is 54.9 Å². The molecule has 0 radical (unpaired) electrons. The lowest BCUT2D eigenvalue weighted by Crippen LogP contribution is -2.58. The first-order valence-corrected chi connectivity index (χ1v) is 9.06. The molecule has 2 aromatic heterocycles. The fraction of sp³-hybridized carbons (Fsp3) is 0.444. The fourth-order valence-electron chi connectivity index (χ4n) is 3.46. The third-order valence-electron chi connectivity index (χ3n) is 4.54. The Morgan fingerprint density at radius 2 is 1.87 bits per heavy atom. The summed E-state index contributed by atoms with van der Waals surface area (Å²) in [6, 6.07) is 8.20. The maximum atomic E-state index is 6.08. The van der Waals surface area contributed by atoms with Crippen LogP contribution < -0.4 is 0 Å². The number of ether oxygens (including phenoxy) is 1. The van der Waals surface area contributed by atoms with Crippen LogP contribution in [0.15, 0.2) is 49.1 Å². The molecule has 4 nitrogen and oxygen atoms in total. The second kappa shape index (κ2) is 6.59. The minimum atomic E-state index is 0.376. The van der Waals surface area contributed by atoms with Gasteiger partial charge >= 0.3 is 0 Å². The van der Waals surface area contributed by atoms with Gasteiger partial charge in [0.2, 0.25) is 0 Å². The standard InChI is InChI=1S/C18H21N3OS/c1-3-15(8-19-5-1)10-21-13-18(14-21)7-17(12-23-18)22-11-16-4-2-6-20-9-16/h1-6,8-9,17H,7,10-14H2/t17-/m0/s1. The van der Waals surface area contributed by atoms with Crippen molar-refractivity contribution in [3.8, 4) is 0 Å². The summed E-state index contributed by atoms with van der Waals surface area (Å²) in [5.74, 6) is 1.11. The molecule has 0 aliphatic carbocycles. The molecule has 2 aliphatic rings. The molecule has 5 heteroatoms. The van der Waals surface area contributed by atoms with Crippen LogP contribution in [-0.4, -0.2) is 44.6 Å². The van der Waals surface area contributed by atoms with Crippen molar-refractivity contribution in [1.82, 2.24) is 14.9 Å². The third-order valence-corrected chi connectivity index (χ3v) is 6.11. The van der Waals surface area contributed by atoms with E-state index in [1.807, 2.05) is 30.7 Å². The van der Waals surface area contributed by atoms with Crippen molar-refractivity contribution in [2.75, 3.05) is 18.8 Å². The molecule has 120 valence electrons.